The van der Waals surface area contributed by atoms with Crippen molar-refractivity contribution >= 4 is 5.91 Å². The first kappa shape index (κ1) is 14.0. The minimum Gasteiger partial charge on any atom is -0.380 e. The predicted molar refractivity (Wildman–Crippen MR) is 65.2 cm³/mol. The van der Waals surface area contributed by atoms with Gasteiger partial charge in [-0.3, -0.25) is 4.79 Å². The van der Waals surface area contributed by atoms with Crippen molar-refractivity contribution in [2.24, 2.45) is 5.41 Å². The molecule has 0 aromatic carbocycles. The minimum absolute atomic E-state index is 0.00304. The van der Waals surface area contributed by atoms with Crippen LogP contribution in [0, 0.1) is 16.7 Å². The summed E-state index contributed by atoms with van der Waals surface area (Å²) >= 11 is 0. The number of rotatable bonds is 4. The summed E-state index contributed by atoms with van der Waals surface area (Å²) in [5, 5.41) is 9.32. The van der Waals surface area contributed by atoms with Crippen molar-refractivity contribution < 1.29 is 9.53 Å². The Labute approximate surface area is 104 Å². The van der Waals surface area contributed by atoms with Gasteiger partial charge in [-0.2, -0.15) is 5.26 Å². The van der Waals surface area contributed by atoms with Gasteiger partial charge in [-0.25, -0.2) is 0 Å². The van der Waals surface area contributed by atoms with E-state index in [9.17, 15) is 10.1 Å². The van der Waals surface area contributed by atoms with E-state index in [4.69, 9.17) is 4.74 Å². The number of likely N-dealkylation sites (N-methyl/N-ethyl adjacent to an activating group) is 1. The van der Waals surface area contributed by atoms with E-state index in [0.29, 0.717) is 19.4 Å². The molecule has 1 aliphatic carbocycles. The smallest absolute Gasteiger partial charge is 0.242 e. The third-order valence-corrected chi connectivity index (χ3v) is 3.61. The Morgan fingerprint density at radius 3 is 2.53 bits per heavy atom. The topological polar surface area (TPSA) is 53.3 Å². The number of hydrogen-bond acceptors (Lipinski definition) is 3. The van der Waals surface area contributed by atoms with Crippen molar-refractivity contribution in [1.29, 1.82) is 5.26 Å². The summed E-state index contributed by atoms with van der Waals surface area (Å²) in [6, 6.07) is 2.26. The van der Waals surface area contributed by atoms with Crippen LogP contribution in [0.2, 0.25) is 0 Å². The van der Waals surface area contributed by atoms with E-state index in [1.165, 1.54) is 0 Å². The van der Waals surface area contributed by atoms with Crippen LogP contribution < -0.4 is 0 Å². The van der Waals surface area contributed by atoms with E-state index in [-0.39, 0.29) is 12.0 Å². The van der Waals surface area contributed by atoms with Crippen LogP contribution in [0.4, 0.5) is 0 Å². The lowest BCUT2D eigenvalue weighted by atomic mass is 9.74. The lowest BCUT2D eigenvalue weighted by Crippen LogP contribution is -2.45. The van der Waals surface area contributed by atoms with Crippen molar-refractivity contribution in [2.45, 2.75) is 45.1 Å². The summed E-state index contributed by atoms with van der Waals surface area (Å²) in [5.74, 6) is -0.0383. The second kappa shape index (κ2) is 6.02. The molecule has 1 fully saturated rings. The highest BCUT2D eigenvalue weighted by atomic mass is 16.5. The highest BCUT2D eigenvalue weighted by Crippen LogP contribution is 2.37. The van der Waals surface area contributed by atoms with Gasteiger partial charge in [-0.05, 0) is 19.8 Å². The fourth-order valence-corrected chi connectivity index (χ4v) is 2.44. The van der Waals surface area contributed by atoms with Gasteiger partial charge >= 0.3 is 0 Å². The number of carbonyl (C=O) groups is 1. The van der Waals surface area contributed by atoms with Gasteiger partial charge in [-0.15, -0.1) is 0 Å². The maximum Gasteiger partial charge on any atom is 0.242 e. The fourth-order valence-electron chi connectivity index (χ4n) is 2.44. The molecule has 4 nitrogen and oxygen atoms in total. The average Bonchev–Trinajstić information content (AvgIpc) is 2.38. The Morgan fingerprint density at radius 2 is 2.06 bits per heavy atom. The fraction of sp³-hybridized carbons (Fsp3) is 0.846. The number of amides is 1. The lowest BCUT2D eigenvalue weighted by Gasteiger charge is -2.33. The molecule has 0 aromatic heterocycles. The van der Waals surface area contributed by atoms with Gasteiger partial charge < -0.3 is 9.64 Å². The highest BCUT2D eigenvalue weighted by Gasteiger charge is 2.41. The summed E-state index contributed by atoms with van der Waals surface area (Å²) < 4.78 is 5.15. The molecule has 0 saturated heterocycles. The van der Waals surface area contributed by atoms with E-state index in [1.807, 2.05) is 6.92 Å². The Balaban J connectivity index is 2.69. The maximum absolute atomic E-state index is 12.4. The lowest BCUT2D eigenvalue weighted by molar-refractivity contribution is -0.140. The monoisotopic (exact) mass is 238 g/mol. The number of nitriles is 1. The Kier molecular flexibility index (Phi) is 4.95. The Hall–Kier alpha value is -1.08. The molecule has 96 valence electrons. The molecule has 1 rings (SSSR count). The molecule has 0 bridgehead atoms. The standard InChI is InChI=1S/C13H22N2O2/c1-11(17-3)9-15(2)12(16)13(10-14)7-5-4-6-8-13/h11H,4-9H2,1-3H3. The quantitative estimate of drug-likeness (QED) is 0.752. The van der Waals surface area contributed by atoms with Crippen molar-refractivity contribution in [3.05, 3.63) is 0 Å². The molecule has 0 N–H and O–H groups in total. The number of carbonyl (C=O) groups excluding carboxylic acids is 1. The van der Waals surface area contributed by atoms with Crippen molar-refractivity contribution in [2.75, 3.05) is 20.7 Å². The molecule has 1 unspecified atom stereocenters. The van der Waals surface area contributed by atoms with Gasteiger partial charge in [0.25, 0.3) is 0 Å². The van der Waals surface area contributed by atoms with Gasteiger partial charge in [0, 0.05) is 20.7 Å². The number of nitrogens with zero attached hydrogens (tertiary/aromatic N) is 2. The summed E-state index contributed by atoms with van der Waals surface area (Å²) in [6.07, 6.45) is 4.50. The molecule has 0 spiro atoms. The number of methoxy groups -OCH3 is 1. The van der Waals surface area contributed by atoms with Crippen molar-refractivity contribution in [3.8, 4) is 6.07 Å². The van der Waals surface area contributed by atoms with Crippen LogP contribution >= 0.6 is 0 Å². The predicted octanol–water partition coefficient (Wildman–Crippen LogP) is 1.95. The first-order valence-corrected chi connectivity index (χ1v) is 6.25. The summed E-state index contributed by atoms with van der Waals surface area (Å²) in [7, 11) is 3.38. The third-order valence-electron chi connectivity index (χ3n) is 3.61. The molecule has 1 aliphatic rings. The zero-order chi connectivity index (χ0) is 12.9. The van der Waals surface area contributed by atoms with E-state index < -0.39 is 5.41 Å². The molecule has 17 heavy (non-hydrogen) atoms. The second-order valence-electron chi connectivity index (χ2n) is 4.99. The van der Waals surface area contributed by atoms with Gasteiger partial charge in [0.2, 0.25) is 5.91 Å². The van der Waals surface area contributed by atoms with Crippen molar-refractivity contribution in [1.82, 2.24) is 4.90 Å². The molecule has 0 radical (unpaired) electrons. The van der Waals surface area contributed by atoms with E-state index in [2.05, 4.69) is 6.07 Å². The SMILES string of the molecule is COC(C)CN(C)C(=O)C1(C#N)CCCCC1. The van der Waals surface area contributed by atoms with Gasteiger partial charge in [-0.1, -0.05) is 19.3 Å². The van der Waals surface area contributed by atoms with Crippen LogP contribution in [-0.4, -0.2) is 37.6 Å². The Bertz CT molecular complexity index is 303. The van der Waals surface area contributed by atoms with Gasteiger partial charge in [0.15, 0.2) is 0 Å². The van der Waals surface area contributed by atoms with Crippen LogP contribution in [0.25, 0.3) is 0 Å². The van der Waals surface area contributed by atoms with Gasteiger partial charge in [0.1, 0.15) is 5.41 Å². The molecule has 1 saturated carbocycles. The molecule has 0 heterocycles. The molecule has 4 heteroatoms. The van der Waals surface area contributed by atoms with Crippen LogP contribution in [0.15, 0.2) is 0 Å². The molecular weight excluding hydrogens is 216 g/mol. The highest BCUT2D eigenvalue weighted by molar-refractivity contribution is 5.85. The first-order chi connectivity index (χ1) is 8.05. The first-order valence-electron chi connectivity index (χ1n) is 6.25. The number of ether oxygens (including phenoxy) is 1. The zero-order valence-corrected chi connectivity index (χ0v) is 11.0. The van der Waals surface area contributed by atoms with Gasteiger partial charge in [0.05, 0.1) is 12.2 Å². The van der Waals surface area contributed by atoms with E-state index >= 15 is 0 Å². The summed E-state index contributed by atoms with van der Waals surface area (Å²) in [6.45, 7) is 2.46. The normalized spacial score (nSPS) is 20.4. The minimum atomic E-state index is -0.777. The van der Waals surface area contributed by atoms with E-state index in [1.54, 1.807) is 19.1 Å². The largest absolute Gasteiger partial charge is 0.380 e. The van der Waals surface area contributed by atoms with Crippen LogP contribution in [0.3, 0.4) is 0 Å². The summed E-state index contributed by atoms with van der Waals surface area (Å²) in [5.41, 5.74) is -0.777. The third kappa shape index (κ3) is 3.19. The molecular formula is C13H22N2O2. The number of hydrogen-bond donors (Lipinski definition) is 0. The average molecular weight is 238 g/mol. The van der Waals surface area contributed by atoms with Crippen LogP contribution in [-0.2, 0) is 9.53 Å². The second-order valence-corrected chi connectivity index (χ2v) is 4.99. The molecule has 0 aromatic rings. The maximum atomic E-state index is 12.4. The van der Waals surface area contributed by atoms with Crippen LogP contribution in [0.5, 0.6) is 0 Å². The van der Waals surface area contributed by atoms with Crippen molar-refractivity contribution in [3.63, 3.8) is 0 Å². The summed E-state index contributed by atoms with van der Waals surface area (Å²) in [4.78, 5) is 14.0. The van der Waals surface area contributed by atoms with Crippen LogP contribution in [0.1, 0.15) is 39.0 Å². The Morgan fingerprint density at radius 1 is 1.47 bits per heavy atom. The zero-order valence-electron chi connectivity index (χ0n) is 11.0. The molecule has 1 amide bonds. The molecule has 1 atom stereocenters. The molecule has 0 aliphatic heterocycles. The van der Waals surface area contributed by atoms with E-state index in [0.717, 1.165) is 19.3 Å².